The Hall–Kier alpha value is -2.14. The molecular weight excluding hydrogens is 306 g/mol. The molecule has 0 atom stereocenters. The lowest BCUT2D eigenvalue weighted by molar-refractivity contribution is 0.0638. The lowest BCUT2D eigenvalue weighted by atomic mass is 10.2. The number of fused-ring (bicyclic) bond motifs is 1. The van der Waals surface area contributed by atoms with Crippen LogP contribution in [0.1, 0.15) is 38.2 Å². The maximum atomic E-state index is 12.7. The van der Waals surface area contributed by atoms with Crippen molar-refractivity contribution in [2.24, 2.45) is 0 Å². The van der Waals surface area contributed by atoms with Crippen molar-refractivity contribution in [3.63, 3.8) is 0 Å². The van der Waals surface area contributed by atoms with E-state index >= 15 is 0 Å². The van der Waals surface area contributed by atoms with E-state index in [0.29, 0.717) is 5.69 Å². The van der Waals surface area contributed by atoms with Gasteiger partial charge in [-0.2, -0.15) is 0 Å². The minimum Gasteiger partial charge on any atom is -0.353 e. The number of amides is 1. The summed E-state index contributed by atoms with van der Waals surface area (Å²) in [4.78, 5) is 22.5. The van der Waals surface area contributed by atoms with E-state index in [1.165, 1.54) is 11.3 Å². The van der Waals surface area contributed by atoms with Crippen molar-refractivity contribution in [2.75, 3.05) is 0 Å². The van der Waals surface area contributed by atoms with Crippen LogP contribution in [0.15, 0.2) is 35.7 Å². The third-order valence-corrected chi connectivity index (χ3v) is 4.71. The van der Waals surface area contributed by atoms with E-state index in [1.807, 2.05) is 56.2 Å². The molecule has 2 aromatic heterocycles. The van der Waals surface area contributed by atoms with Crippen LogP contribution in [0.3, 0.4) is 0 Å². The van der Waals surface area contributed by atoms with E-state index < -0.39 is 0 Å². The molecule has 1 N–H and O–H groups in total. The highest BCUT2D eigenvalue weighted by Crippen LogP contribution is 2.27. The molecule has 23 heavy (non-hydrogen) atoms. The Morgan fingerprint density at radius 3 is 2.52 bits per heavy atom. The molecule has 4 nitrogen and oxygen atoms in total. The minimum atomic E-state index is -0.00592. The highest BCUT2D eigenvalue weighted by molar-refractivity contribution is 7.13. The number of H-pyrrole nitrogens is 1. The fourth-order valence-corrected chi connectivity index (χ4v) is 3.65. The van der Waals surface area contributed by atoms with Gasteiger partial charge in [-0.05, 0) is 39.8 Å². The third-order valence-electron chi connectivity index (χ3n) is 3.83. The first-order chi connectivity index (χ1) is 11.0. The number of thiazole rings is 1. The van der Waals surface area contributed by atoms with Crippen molar-refractivity contribution in [1.29, 1.82) is 0 Å². The number of para-hydroxylation sites is 1. The molecule has 0 aliphatic rings. The summed E-state index contributed by atoms with van der Waals surface area (Å²) in [5.41, 5.74) is 2.55. The Morgan fingerprint density at radius 1 is 1.17 bits per heavy atom. The molecule has 3 rings (SSSR count). The summed E-state index contributed by atoms with van der Waals surface area (Å²) >= 11 is 1.50. The number of hydrogen-bond acceptors (Lipinski definition) is 3. The molecule has 5 heteroatoms. The van der Waals surface area contributed by atoms with Gasteiger partial charge in [0.05, 0.1) is 5.69 Å². The van der Waals surface area contributed by atoms with Gasteiger partial charge in [-0.3, -0.25) is 4.79 Å². The zero-order valence-corrected chi connectivity index (χ0v) is 14.6. The van der Waals surface area contributed by atoms with Gasteiger partial charge in [0, 0.05) is 28.4 Å². The molecule has 0 spiro atoms. The van der Waals surface area contributed by atoms with E-state index in [1.54, 1.807) is 0 Å². The number of hydrogen-bond donors (Lipinski definition) is 1. The lowest BCUT2D eigenvalue weighted by Gasteiger charge is -2.30. The molecule has 1 aromatic carbocycles. The molecule has 0 radical (unpaired) electrons. The fraction of sp³-hybridized carbons (Fsp3) is 0.333. The highest BCUT2D eigenvalue weighted by Gasteiger charge is 2.24. The summed E-state index contributed by atoms with van der Waals surface area (Å²) in [5.74, 6) is -0.00592. The van der Waals surface area contributed by atoms with Crippen molar-refractivity contribution in [3.05, 3.63) is 41.4 Å². The summed E-state index contributed by atoms with van der Waals surface area (Å²) in [6.07, 6.45) is 0. The van der Waals surface area contributed by atoms with Crippen LogP contribution in [0.2, 0.25) is 0 Å². The predicted molar refractivity (Wildman–Crippen MR) is 95.8 cm³/mol. The van der Waals surface area contributed by atoms with E-state index in [0.717, 1.165) is 21.6 Å². The topological polar surface area (TPSA) is 49.0 Å². The fourth-order valence-electron chi connectivity index (χ4n) is 2.88. The monoisotopic (exact) mass is 327 g/mol. The van der Waals surface area contributed by atoms with Crippen LogP contribution in [-0.4, -0.2) is 32.9 Å². The molecule has 2 heterocycles. The van der Waals surface area contributed by atoms with Crippen LogP contribution in [0, 0.1) is 0 Å². The first-order valence-corrected chi connectivity index (χ1v) is 8.71. The van der Waals surface area contributed by atoms with E-state index in [4.69, 9.17) is 0 Å². The molecular formula is C18H21N3OS. The molecule has 120 valence electrons. The van der Waals surface area contributed by atoms with Crippen molar-refractivity contribution in [3.8, 4) is 10.7 Å². The van der Waals surface area contributed by atoms with E-state index in [9.17, 15) is 4.79 Å². The number of nitrogens with zero attached hydrogens (tertiary/aromatic N) is 2. The average molecular weight is 327 g/mol. The Morgan fingerprint density at radius 2 is 1.87 bits per heavy atom. The molecule has 1 amide bonds. The summed E-state index contributed by atoms with van der Waals surface area (Å²) in [6.45, 7) is 8.12. The Bertz CT molecular complexity index is 791. The van der Waals surface area contributed by atoms with Gasteiger partial charge in [-0.1, -0.05) is 18.2 Å². The Labute approximate surface area is 140 Å². The molecule has 0 unspecified atom stereocenters. The van der Waals surface area contributed by atoms with Gasteiger partial charge < -0.3 is 9.88 Å². The SMILES string of the molecule is CC(C)N(C(=O)c1csc(-c2cc3ccccc3[nH]2)n1)C(C)C. The van der Waals surface area contributed by atoms with Crippen LogP contribution in [0.4, 0.5) is 0 Å². The van der Waals surface area contributed by atoms with Crippen molar-refractivity contribution in [1.82, 2.24) is 14.9 Å². The number of aromatic amines is 1. The molecule has 0 aliphatic heterocycles. The summed E-state index contributed by atoms with van der Waals surface area (Å²) in [7, 11) is 0. The molecule has 0 bridgehead atoms. The van der Waals surface area contributed by atoms with Crippen molar-refractivity contribution >= 4 is 28.1 Å². The standard InChI is InChI=1S/C18H21N3OS/c1-11(2)21(12(3)4)18(22)16-10-23-17(20-16)15-9-13-7-5-6-8-14(13)19-15/h5-12,19H,1-4H3. The second kappa shape index (κ2) is 6.16. The van der Waals surface area contributed by atoms with Gasteiger partial charge >= 0.3 is 0 Å². The van der Waals surface area contributed by atoms with Crippen molar-refractivity contribution < 1.29 is 4.79 Å². The minimum absolute atomic E-state index is 0.00592. The third kappa shape index (κ3) is 3.01. The smallest absolute Gasteiger partial charge is 0.273 e. The Kier molecular flexibility index (Phi) is 4.22. The number of carbonyl (C=O) groups is 1. The molecule has 3 aromatic rings. The summed E-state index contributed by atoms with van der Waals surface area (Å²) in [6, 6.07) is 10.5. The van der Waals surface area contributed by atoms with Crippen LogP contribution < -0.4 is 0 Å². The van der Waals surface area contributed by atoms with Gasteiger partial charge in [-0.15, -0.1) is 11.3 Å². The largest absolute Gasteiger partial charge is 0.353 e. The van der Waals surface area contributed by atoms with Gasteiger partial charge in [0.15, 0.2) is 0 Å². The van der Waals surface area contributed by atoms with Crippen molar-refractivity contribution in [2.45, 2.75) is 39.8 Å². The summed E-state index contributed by atoms with van der Waals surface area (Å²) in [5, 5.41) is 3.84. The lowest BCUT2D eigenvalue weighted by Crippen LogP contribution is -2.42. The van der Waals surface area contributed by atoms with Gasteiger partial charge in [0.2, 0.25) is 0 Å². The van der Waals surface area contributed by atoms with Crippen LogP contribution in [0.25, 0.3) is 21.6 Å². The zero-order chi connectivity index (χ0) is 16.6. The first kappa shape index (κ1) is 15.7. The van der Waals surface area contributed by atoms with Crippen LogP contribution >= 0.6 is 11.3 Å². The second-order valence-electron chi connectivity index (χ2n) is 6.21. The second-order valence-corrected chi connectivity index (χ2v) is 7.07. The average Bonchev–Trinajstić information content (AvgIpc) is 3.13. The number of nitrogens with one attached hydrogen (secondary N) is 1. The molecule has 0 fully saturated rings. The zero-order valence-electron chi connectivity index (χ0n) is 13.8. The number of benzene rings is 1. The van der Waals surface area contributed by atoms with Gasteiger partial charge in [0.1, 0.15) is 10.7 Å². The summed E-state index contributed by atoms with van der Waals surface area (Å²) < 4.78 is 0. The maximum absolute atomic E-state index is 12.7. The number of aromatic nitrogens is 2. The van der Waals surface area contributed by atoms with Crippen LogP contribution in [-0.2, 0) is 0 Å². The Balaban J connectivity index is 1.92. The molecule has 0 saturated heterocycles. The molecule has 0 saturated carbocycles. The number of carbonyl (C=O) groups excluding carboxylic acids is 1. The van der Waals surface area contributed by atoms with Gasteiger partial charge in [-0.25, -0.2) is 4.98 Å². The first-order valence-electron chi connectivity index (χ1n) is 7.83. The predicted octanol–water partition coefficient (Wildman–Crippen LogP) is 4.55. The molecule has 0 aliphatic carbocycles. The van der Waals surface area contributed by atoms with Gasteiger partial charge in [0.25, 0.3) is 5.91 Å². The number of rotatable bonds is 4. The quantitative estimate of drug-likeness (QED) is 0.764. The van der Waals surface area contributed by atoms with E-state index in [-0.39, 0.29) is 18.0 Å². The van der Waals surface area contributed by atoms with Crippen LogP contribution in [0.5, 0.6) is 0 Å². The maximum Gasteiger partial charge on any atom is 0.273 e. The van der Waals surface area contributed by atoms with E-state index in [2.05, 4.69) is 22.1 Å². The highest BCUT2D eigenvalue weighted by atomic mass is 32.1. The normalized spacial score (nSPS) is 11.6.